The number of hydrogen-bond donors (Lipinski definition) is 2. The molecule has 0 amide bonds. The lowest BCUT2D eigenvalue weighted by Crippen LogP contribution is -2.32. The van der Waals surface area contributed by atoms with Gasteiger partial charge in [-0.3, -0.25) is 4.98 Å². The van der Waals surface area contributed by atoms with Gasteiger partial charge >= 0.3 is 5.97 Å². The Morgan fingerprint density at radius 3 is 2.25 bits per heavy atom. The molecule has 7 nitrogen and oxygen atoms in total. The van der Waals surface area contributed by atoms with Crippen LogP contribution in [0.5, 0.6) is 0 Å². The molecular weight excluding hydrogens is 428 g/mol. The summed E-state index contributed by atoms with van der Waals surface area (Å²) in [6, 6.07) is 16.1. The lowest BCUT2D eigenvalue weighted by Gasteiger charge is -2.17. The number of benzene rings is 2. The summed E-state index contributed by atoms with van der Waals surface area (Å²) in [5.74, 6) is -0.519. The van der Waals surface area contributed by atoms with Crippen LogP contribution < -0.4 is 5.32 Å². The van der Waals surface area contributed by atoms with Crippen molar-refractivity contribution in [1.82, 2.24) is 10.3 Å². The molecule has 0 aliphatic carbocycles. The molecule has 0 spiro atoms. The van der Waals surface area contributed by atoms with E-state index in [1.165, 1.54) is 31.4 Å². The van der Waals surface area contributed by atoms with Gasteiger partial charge in [-0.1, -0.05) is 18.2 Å². The molecule has 3 aromatic rings. The minimum absolute atomic E-state index is 0.0784. The molecule has 0 bridgehead atoms. The predicted octanol–water partition coefficient (Wildman–Crippen LogP) is 2.96. The fraction of sp³-hybridized carbons (Fsp3) is 0.250. The van der Waals surface area contributed by atoms with Crippen LogP contribution in [-0.2, 0) is 21.0 Å². The van der Waals surface area contributed by atoms with Crippen molar-refractivity contribution in [2.45, 2.75) is 35.3 Å². The van der Waals surface area contributed by atoms with Gasteiger partial charge in [-0.15, -0.1) is 0 Å². The molecule has 0 unspecified atom stereocenters. The van der Waals surface area contributed by atoms with Gasteiger partial charge in [0, 0.05) is 30.5 Å². The Bertz CT molecular complexity index is 1130. The molecule has 1 heterocycles. The predicted molar refractivity (Wildman–Crippen MR) is 120 cm³/mol. The van der Waals surface area contributed by atoms with Crippen LogP contribution in [0.1, 0.15) is 34.5 Å². The van der Waals surface area contributed by atoms with E-state index in [4.69, 9.17) is 0 Å². The number of aliphatic hydroxyl groups excluding tert-OH is 1. The van der Waals surface area contributed by atoms with Gasteiger partial charge in [-0.25, -0.2) is 13.2 Å². The van der Waals surface area contributed by atoms with Gasteiger partial charge in [0.2, 0.25) is 9.84 Å². The van der Waals surface area contributed by atoms with E-state index in [0.717, 1.165) is 11.1 Å². The van der Waals surface area contributed by atoms with Gasteiger partial charge < -0.3 is 15.2 Å². The number of carbonyl (C=O) groups is 1. The Labute approximate surface area is 188 Å². The molecule has 1 aromatic heterocycles. The standard InChI is InChI=1S/C24H26N2O5S/c1-17(26-16-23(27)20-4-3-13-25-15-20)14-18-5-9-21(10-6-18)32(29,30)22-11-7-19(8-12-22)24(28)31-2/h3-13,15,17,23,26-27H,14,16H2,1-2H3/t17-,23-/m1/s1. The second kappa shape index (κ2) is 10.5. The number of sulfone groups is 1. The molecule has 0 radical (unpaired) electrons. The zero-order chi connectivity index (χ0) is 23.1. The molecule has 8 heteroatoms. The highest BCUT2D eigenvalue weighted by Gasteiger charge is 2.18. The number of esters is 1. The van der Waals surface area contributed by atoms with Gasteiger partial charge in [-0.2, -0.15) is 0 Å². The summed E-state index contributed by atoms with van der Waals surface area (Å²) in [5, 5.41) is 13.5. The summed E-state index contributed by atoms with van der Waals surface area (Å²) in [6.45, 7) is 2.39. The van der Waals surface area contributed by atoms with Gasteiger partial charge in [0.25, 0.3) is 0 Å². The Morgan fingerprint density at radius 1 is 1.06 bits per heavy atom. The van der Waals surface area contributed by atoms with Crippen molar-refractivity contribution in [3.63, 3.8) is 0 Å². The van der Waals surface area contributed by atoms with Crippen molar-refractivity contribution in [2.24, 2.45) is 0 Å². The number of methoxy groups -OCH3 is 1. The average molecular weight is 455 g/mol. The summed E-state index contributed by atoms with van der Waals surface area (Å²) >= 11 is 0. The van der Waals surface area contributed by atoms with E-state index in [-0.39, 0.29) is 21.4 Å². The summed E-state index contributed by atoms with van der Waals surface area (Å²) < 4.78 is 30.4. The maximum absolute atomic E-state index is 12.9. The van der Waals surface area contributed by atoms with E-state index in [2.05, 4.69) is 15.0 Å². The number of aromatic nitrogens is 1. The van der Waals surface area contributed by atoms with Crippen LogP contribution in [0.15, 0.2) is 82.8 Å². The molecule has 32 heavy (non-hydrogen) atoms. The molecule has 168 valence electrons. The second-order valence-electron chi connectivity index (χ2n) is 7.48. The molecule has 0 fully saturated rings. The van der Waals surface area contributed by atoms with E-state index in [1.807, 2.05) is 13.0 Å². The van der Waals surface area contributed by atoms with Crippen molar-refractivity contribution in [1.29, 1.82) is 0 Å². The smallest absolute Gasteiger partial charge is 0.337 e. The van der Waals surface area contributed by atoms with E-state index >= 15 is 0 Å². The van der Waals surface area contributed by atoms with E-state index in [0.29, 0.717) is 13.0 Å². The minimum Gasteiger partial charge on any atom is -0.465 e. The first-order chi connectivity index (χ1) is 15.3. The quantitative estimate of drug-likeness (QED) is 0.479. The van der Waals surface area contributed by atoms with Crippen molar-refractivity contribution < 1.29 is 23.1 Å². The molecule has 0 aliphatic heterocycles. The fourth-order valence-corrected chi connectivity index (χ4v) is 4.52. The molecule has 3 rings (SSSR count). The Morgan fingerprint density at radius 2 is 1.69 bits per heavy atom. The van der Waals surface area contributed by atoms with Gasteiger partial charge in [-0.05, 0) is 61.4 Å². The zero-order valence-electron chi connectivity index (χ0n) is 17.9. The van der Waals surface area contributed by atoms with Crippen LogP contribution in [0.3, 0.4) is 0 Å². The largest absolute Gasteiger partial charge is 0.465 e. The Kier molecular flexibility index (Phi) is 7.74. The van der Waals surface area contributed by atoms with Crippen molar-refractivity contribution in [3.8, 4) is 0 Å². The van der Waals surface area contributed by atoms with Gasteiger partial charge in [0.05, 0.1) is 28.6 Å². The number of carbonyl (C=O) groups excluding carboxylic acids is 1. The van der Waals surface area contributed by atoms with Crippen LogP contribution >= 0.6 is 0 Å². The normalized spacial score (nSPS) is 13.3. The fourth-order valence-electron chi connectivity index (χ4n) is 3.26. The lowest BCUT2D eigenvalue weighted by atomic mass is 10.1. The molecule has 0 saturated heterocycles. The first kappa shape index (κ1) is 23.6. The second-order valence-corrected chi connectivity index (χ2v) is 9.43. The Hall–Kier alpha value is -3.07. The first-order valence-electron chi connectivity index (χ1n) is 10.1. The van der Waals surface area contributed by atoms with Gasteiger partial charge in [0.1, 0.15) is 0 Å². The highest BCUT2D eigenvalue weighted by molar-refractivity contribution is 7.91. The Balaban J connectivity index is 1.60. The monoisotopic (exact) mass is 454 g/mol. The van der Waals surface area contributed by atoms with Crippen LogP contribution in [0.2, 0.25) is 0 Å². The number of ether oxygens (including phenoxy) is 1. The zero-order valence-corrected chi connectivity index (χ0v) is 18.7. The summed E-state index contributed by atoms with van der Waals surface area (Å²) in [4.78, 5) is 15.8. The summed E-state index contributed by atoms with van der Waals surface area (Å²) in [6.07, 6.45) is 3.32. The average Bonchev–Trinajstić information content (AvgIpc) is 2.83. The van der Waals surface area contributed by atoms with E-state index in [9.17, 15) is 18.3 Å². The number of nitrogens with zero attached hydrogens (tertiary/aromatic N) is 1. The van der Waals surface area contributed by atoms with Crippen LogP contribution in [-0.4, -0.2) is 44.2 Å². The van der Waals surface area contributed by atoms with Crippen molar-refractivity contribution in [2.75, 3.05) is 13.7 Å². The third-order valence-corrected chi connectivity index (χ3v) is 6.88. The van der Waals surface area contributed by atoms with Crippen LogP contribution in [0.4, 0.5) is 0 Å². The number of pyridine rings is 1. The number of rotatable bonds is 9. The molecule has 0 saturated carbocycles. The number of hydrogen-bond acceptors (Lipinski definition) is 7. The highest BCUT2D eigenvalue weighted by Crippen LogP contribution is 2.22. The summed E-state index contributed by atoms with van der Waals surface area (Å²) in [7, 11) is -2.42. The maximum Gasteiger partial charge on any atom is 0.337 e. The molecule has 2 atom stereocenters. The van der Waals surface area contributed by atoms with Gasteiger partial charge in [0.15, 0.2) is 0 Å². The SMILES string of the molecule is COC(=O)c1ccc(S(=O)(=O)c2ccc(C[C@@H](C)NC[C@@H](O)c3cccnc3)cc2)cc1. The summed E-state index contributed by atoms with van der Waals surface area (Å²) in [5.41, 5.74) is 2.01. The molecule has 0 aliphatic rings. The third-order valence-electron chi connectivity index (χ3n) is 5.09. The lowest BCUT2D eigenvalue weighted by molar-refractivity contribution is 0.0600. The topological polar surface area (TPSA) is 106 Å². The first-order valence-corrected chi connectivity index (χ1v) is 11.6. The van der Waals surface area contributed by atoms with E-state index < -0.39 is 21.9 Å². The highest BCUT2D eigenvalue weighted by atomic mass is 32.2. The number of aliphatic hydroxyl groups is 1. The molecular formula is C24H26N2O5S. The molecule has 2 N–H and O–H groups in total. The molecule has 2 aromatic carbocycles. The third kappa shape index (κ3) is 5.79. The maximum atomic E-state index is 12.9. The van der Waals surface area contributed by atoms with Crippen LogP contribution in [0.25, 0.3) is 0 Å². The van der Waals surface area contributed by atoms with Crippen molar-refractivity contribution >= 4 is 15.8 Å². The van der Waals surface area contributed by atoms with E-state index in [1.54, 1.807) is 42.7 Å². The minimum atomic E-state index is -3.69. The van der Waals surface area contributed by atoms with Crippen molar-refractivity contribution in [3.05, 3.63) is 89.7 Å². The number of nitrogens with one attached hydrogen (secondary N) is 1. The van der Waals surface area contributed by atoms with Crippen LogP contribution in [0, 0.1) is 0 Å².